The lowest BCUT2D eigenvalue weighted by Crippen LogP contribution is -2.09. The number of nitrogens with zero attached hydrogens (tertiary/aromatic N) is 2. The number of alkyl halides is 3. The van der Waals surface area contributed by atoms with E-state index in [1.165, 1.54) is 36.4 Å². The van der Waals surface area contributed by atoms with E-state index in [4.69, 9.17) is 0 Å². The molecule has 1 heterocycles. The third-order valence-corrected chi connectivity index (χ3v) is 4.16. The standard InChI is InChI=1S/C17H13F4N3O2S/c1-27(25,26)23-13-6-2-11(3-7-13)15-10-16(17(19,20)21)22-24(15)14-8-4-12(18)5-9-14/h2-10,23H,1H3. The highest BCUT2D eigenvalue weighted by Gasteiger charge is 2.35. The van der Waals surface area contributed by atoms with Gasteiger partial charge in [-0.1, -0.05) is 12.1 Å². The van der Waals surface area contributed by atoms with E-state index in [9.17, 15) is 26.0 Å². The van der Waals surface area contributed by atoms with Crippen LogP contribution in [0.3, 0.4) is 0 Å². The molecule has 142 valence electrons. The Morgan fingerprint density at radius 3 is 2.11 bits per heavy atom. The maximum Gasteiger partial charge on any atom is 0.435 e. The van der Waals surface area contributed by atoms with Crippen LogP contribution in [0.1, 0.15) is 5.69 Å². The molecule has 0 aliphatic carbocycles. The van der Waals surface area contributed by atoms with Crippen LogP contribution in [0.15, 0.2) is 54.6 Å². The van der Waals surface area contributed by atoms with Gasteiger partial charge >= 0.3 is 6.18 Å². The Kier molecular flexibility index (Phi) is 4.68. The van der Waals surface area contributed by atoms with Crippen LogP contribution >= 0.6 is 0 Å². The Morgan fingerprint density at radius 1 is 1.00 bits per heavy atom. The Hall–Kier alpha value is -2.88. The third kappa shape index (κ3) is 4.45. The van der Waals surface area contributed by atoms with Crippen LogP contribution in [-0.4, -0.2) is 24.5 Å². The Labute approximate surface area is 152 Å². The second-order valence-corrected chi connectivity index (χ2v) is 7.50. The predicted octanol–water partition coefficient (Wildman–Crippen LogP) is 4.07. The first-order chi connectivity index (χ1) is 12.5. The van der Waals surface area contributed by atoms with E-state index >= 15 is 0 Å². The van der Waals surface area contributed by atoms with Gasteiger partial charge < -0.3 is 0 Å². The van der Waals surface area contributed by atoms with Crippen LogP contribution < -0.4 is 4.72 Å². The normalized spacial score (nSPS) is 12.2. The molecule has 0 amide bonds. The summed E-state index contributed by atoms with van der Waals surface area (Å²) < 4.78 is 78.3. The van der Waals surface area contributed by atoms with E-state index in [1.54, 1.807) is 0 Å². The molecule has 0 atom stereocenters. The number of nitrogens with one attached hydrogen (secondary N) is 1. The van der Waals surface area contributed by atoms with Crippen molar-refractivity contribution in [1.29, 1.82) is 0 Å². The van der Waals surface area contributed by atoms with Gasteiger partial charge in [-0.2, -0.15) is 18.3 Å². The average Bonchev–Trinajstić information content (AvgIpc) is 3.00. The van der Waals surface area contributed by atoms with Gasteiger partial charge in [-0.05, 0) is 42.5 Å². The molecule has 0 aliphatic heterocycles. The number of aromatic nitrogens is 2. The molecule has 0 radical (unpaired) electrons. The first-order valence-electron chi connectivity index (χ1n) is 7.54. The lowest BCUT2D eigenvalue weighted by atomic mass is 10.1. The predicted molar refractivity (Wildman–Crippen MR) is 92.4 cm³/mol. The van der Waals surface area contributed by atoms with Crippen molar-refractivity contribution in [2.75, 3.05) is 11.0 Å². The van der Waals surface area contributed by atoms with Gasteiger partial charge in [0.05, 0.1) is 17.6 Å². The first-order valence-corrected chi connectivity index (χ1v) is 9.43. The van der Waals surface area contributed by atoms with E-state index in [1.807, 2.05) is 0 Å². The second kappa shape index (κ2) is 6.69. The maximum absolute atomic E-state index is 13.1. The third-order valence-electron chi connectivity index (χ3n) is 3.55. The summed E-state index contributed by atoms with van der Waals surface area (Å²) in [7, 11) is -3.48. The molecular weight excluding hydrogens is 386 g/mol. The average molecular weight is 399 g/mol. The molecule has 0 unspecified atom stereocenters. The molecule has 2 aromatic carbocycles. The monoisotopic (exact) mass is 399 g/mol. The molecule has 27 heavy (non-hydrogen) atoms. The number of sulfonamides is 1. The van der Waals surface area contributed by atoms with Crippen molar-refractivity contribution in [3.05, 3.63) is 66.1 Å². The summed E-state index contributed by atoms with van der Waals surface area (Å²) in [6, 6.07) is 11.5. The zero-order valence-electron chi connectivity index (χ0n) is 13.8. The minimum Gasteiger partial charge on any atom is -0.284 e. The lowest BCUT2D eigenvalue weighted by Gasteiger charge is -2.09. The molecule has 1 N–H and O–H groups in total. The van der Waals surface area contributed by atoms with Crippen LogP contribution in [0.5, 0.6) is 0 Å². The molecule has 0 spiro atoms. The molecule has 3 aromatic rings. The number of hydrogen-bond acceptors (Lipinski definition) is 3. The summed E-state index contributed by atoms with van der Waals surface area (Å²) >= 11 is 0. The fraction of sp³-hybridized carbons (Fsp3) is 0.118. The highest BCUT2D eigenvalue weighted by molar-refractivity contribution is 7.92. The van der Waals surface area contributed by atoms with Gasteiger partial charge in [-0.25, -0.2) is 17.5 Å². The zero-order chi connectivity index (χ0) is 19.8. The van der Waals surface area contributed by atoms with Crippen molar-refractivity contribution in [2.45, 2.75) is 6.18 Å². The Balaban J connectivity index is 2.08. The molecule has 1 aromatic heterocycles. The molecule has 0 fully saturated rings. The van der Waals surface area contributed by atoms with Crippen molar-refractivity contribution in [3.63, 3.8) is 0 Å². The summed E-state index contributed by atoms with van der Waals surface area (Å²) in [5.41, 5.74) is -0.0771. The largest absolute Gasteiger partial charge is 0.435 e. The molecule has 0 saturated heterocycles. The van der Waals surface area contributed by atoms with Gasteiger partial charge in [0.15, 0.2) is 5.69 Å². The molecule has 10 heteroatoms. The van der Waals surface area contributed by atoms with Crippen molar-refractivity contribution in [2.24, 2.45) is 0 Å². The van der Waals surface area contributed by atoms with Crippen LogP contribution in [0.2, 0.25) is 0 Å². The maximum atomic E-state index is 13.1. The number of anilines is 1. The second-order valence-electron chi connectivity index (χ2n) is 5.75. The van der Waals surface area contributed by atoms with E-state index in [0.29, 0.717) is 5.56 Å². The van der Waals surface area contributed by atoms with Crippen molar-refractivity contribution < 1.29 is 26.0 Å². The van der Waals surface area contributed by atoms with E-state index in [2.05, 4.69) is 9.82 Å². The van der Waals surface area contributed by atoms with E-state index < -0.39 is 27.7 Å². The first kappa shape index (κ1) is 18.9. The summed E-state index contributed by atoms with van der Waals surface area (Å²) in [5.74, 6) is -0.528. The smallest absolute Gasteiger partial charge is 0.284 e. The van der Waals surface area contributed by atoms with E-state index in [-0.39, 0.29) is 17.1 Å². The fourth-order valence-electron chi connectivity index (χ4n) is 2.43. The number of halogens is 4. The Bertz CT molecular complexity index is 1060. The highest BCUT2D eigenvalue weighted by atomic mass is 32.2. The lowest BCUT2D eigenvalue weighted by molar-refractivity contribution is -0.141. The number of benzene rings is 2. The van der Waals surface area contributed by atoms with Gasteiger partial charge in [0, 0.05) is 11.3 Å². The van der Waals surface area contributed by atoms with Gasteiger partial charge in [-0.15, -0.1) is 0 Å². The van der Waals surface area contributed by atoms with Crippen LogP contribution in [0, 0.1) is 5.82 Å². The van der Waals surface area contributed by atoms with Crippen LogP contribution in [0.4, 0.5) is 23.2 Å². The quantitative estimate of drug-likeness (QED) is 0.673. The topological polar surface area (TPSA) is 64.0 Å². The zero-order valence-corrected chi connectivity index (χ0v) is 14.6. The van der Waals surface area contributed by atoms with Crippen LogP contribution in [0.25, 0.3) is 16.9 Å². The van der Waals surface area contributed by atoms with Gasteiger partial charge in [0.25, 0.3) is 0 Å². The summed E-state index contributed by atoms with van der Waals surface area (Å²) in [4.78, 5) is 0. The summed E-state index contributed by atoms with van der Waals surface area (Å²) in [5, 5.41) is 3.60. The highest BCUT2D eigenvalue weighted by Crippen LogP contribution is 2.33. The summed E-state index contributed by atoms with van der Waals surface area (Å²) in [6.07, 6.45) is -3.67. The van der Waals surface area contributed by atoms with Crippen LogP contribution in [-0.2, 0) is 16.2 Å². The van der Waals surface area contributed by atoms with Gasteiger partial charge in [0.1, 0.15) is 5.82 Å². The molecule has 0 saturated carbocycles. The van der Waals surface area contributed by atoms with Gasteiger partial charge in [-0.3, -0.25) is 4.72 Å². The number of rotatable bonds is 4. The molecule has 0 aliphatic rings. The SMILES string of the molecule is CS(=O)(=O)Nc1ccc(-c2cc(C(F)(F)F)nn2-c2ccc(F)cc2)cc1. The number of hydrogen-bond donors (Lipinski definition) is 1. The molecule has 3 rings (SSSR count). The molecule has 0 bridgehead atoms. The van der Waals surface area contributed by atoms with Crippen molar-refractivity contribution in [3.8, 4) is 16.9 Å². The van der Waals surface area contributed by atoms with Crippen molar-refractivity contribution in [1.82, 2.24) is 9.78 Å². The Morgan fingerprint density at radius 2 is 1.59 bits per heavy atom. The van der Waals surface area contributed by atoms with Gasteiger partial charge in [0.2, 0.25) is 10.0 Å². The fourth-order valence-corrected chi connectivity index (χ4v) is 2.99. The minimum atomic E-state index is -4.65. The molecule has 5 nitrogen and oxygen atoms in total. The van der Waals surface area contributed by atoms with Crippen molar-refractivity contribution >= 4 is 15.7 Å². The van der Waals surface area contributed by atoms with E-state index in [0.717, 1.165) is 29.1 Å². The minimum absolute atomic E-state index is 0.125. The molecular formula is C17H13F4N3O2S. The summed E-state index contributed by atoms with van der Waals surface area (Å²) in [6.45, 7) is 0.